The second-order valence-electron chi connectivity index (χ2n) is 3.43. The van der Waals surface area contributed by atoms with Gasteiger partial charge in [0.05, 0.1) is 13.3 Å². The highest BCUT2D eigenvalue weighted by molar-refractivity contribution is 7.89. The lowest BCUT2D eigenvalue weighted by molar-refractivity contribution is -0.140. The Balaban J connectivity index is 3.17. The number of methoxy groups -OCH3 is 1. The van der Waals surface area contributed by atoms with Gasteiger partial charge in [-0.05, 0) is 0 Å². The second-order valence-corrected chi connectivity index (χ2v) is 5.30. The number of aromatic amines is 1. The number of ether oxygens (including phenoxy) is 1. The minimum Gasteiger partial charge on any atom is -0.478 e. The number of nitrogens with one attached hydrogen (secondary N) is 1. The van der Waals surface area contributed by atoms with Crippen molar-refractivity contribution in [2.24, 2.45) is 0 Å². The Morgan fingerprint density at radius 1 is 1.53 bits per heavy atom. The summed E-state index contributed by atoms with van der Waals surface area (Å²) in [7, 11) is -3.03. The molecule has 9 nitrogen and oxygen atoms in total. The molecule has 0 fully saturated rings. The molecule has 19 heavy (non-hydrogen) atoms. The monoisotopic (exact) mass is 291 g/mol. The highest BCUT2D eigenvalue weighted by Crippen LogP contribution is 2.17. The number of carboxylic acid groups (broad SMARTS) is 1. The quantitative estimate of drug-likeness (QED) is 0.662. The minimum absolute atomic E-state index is 0.0183. The van der Waals surface area contributed by atoms with Crippen molar-refractivity contribution in [3.8, 4) is 0 Å². The predicted molar refractivity (Wildman–Crippen MR) is 62.0 cm³/mol. The number of carboxylic acids is 1. The van der Waals surface area contributed by atoms with Crippen molar-refractivity contribution in [1.82, 2.24) is 14.5 Å². The number of hydrogen-bond acceptors (Lipinski definition) is 6. The topological polar surface area (TPSA) is 130 Å². The lowest BCUT2D eigenvalue weighted by Gasteiger charge is -2.18. The van der Waals surface area contributed by atoms with Crippen LogP contribution >= 0.6 is 0 Å². The maximum Gasteiger partial charge on any atom is 0.340 e. The second kappa shape index (κ2) is 5.80. The molecule has 0 aliphatic rings. The fraction of sp³-hybridized carbons (Fsp3) is 0.444. The van der Waals surface area contributed by atoms with E-state index in [0.717, 1.165) is 17.6 Å². The van der Waals surface area contributed by atoms with Crippen molar-refractivity contribution in [2.45, 2.75) is 11.9 Å². The number of hydrogen-bond donors (Lipinski definition) is 2. The third-order valence-corrected chi connectivity index (χ3v) is 4.21. The van der Waals surface area contributed by atoms with Gasteiger partial charge in [0, 0.05) is 6.54 Å². The van der Waals surface area contributed by atoms with Crippen LogP contribution in [0.2, 0.25) is 0 Å². The molecule has 1 aromatic rings. The fourth-order valence-electron chi connectivity index (χ4n) is 1.33. The number of likely N-dealkylation sites (N-methyl/N-ethyl adjacent to an activating group) is 1. The molecule has 0 aromatic carbocycles. The Labute approximate surface area is 109 Å². The molecule has 0 amide bonds. The van der Waals surface area contributed by atoms with Crippen LogP contribution in [0.5, 0.6) is 0 Å². The number of nitrogens with zero attached hydrogens (tertiary/aromatic N) is 2. The molecule has 1 aromatic heterocycles. The summed E-state index contributed by atoms with van der Waals surface area (Å²) in [5.74, 6) is -2.18. The van der Waals surface area contributed by atoms with E-state index in [4.69, 9.17) is 5.11 Å². The Hall–Kier alpha value is -1.94. The van der Waals surface area contributed by atoms with Crippen molar-refractivity contribution < 1.29 is 27.9 Å². The summed E-state index contributed by atoms with van der Waals surface area (Å²) in [5, 5.41) is 13.8. The Morgan fingerprint density at radius 2 is 2.16 bits per heavy atom. The van der Waals surface area contributed by atoms with Crippen LogP contribution in [0.1, 0.15) is 17.3 Å². The molecular formula is C9H13N3O6S. The van der Waals surface area contributed by atoms with E-state index in [2.05, 4.69) is 14.9 Å². The van der Waals surface area contributed by atoms with Crippen molar-refractivity contribution in [3.63, 3.8) is 0 Å². The zero-order valence-corrected chi connectivity index (χ0v) is 11.1. The van der Waals surface area contributed by atoms with Gasteiger partial charge in [-0.1, -0.05) is 6.92 Å². The third kappa shape index (κ3) is 3.09. The molecule has 0 spiro atoms. The van der Waals surface area contributed by atoms with Gasteiger partial charge in [0.15, 0.2) is 5.03 Å². The summed E-state index contributed by atoms with van der Waals surface area (Å²) in [6, 6.07) is 0. The maximum absolute atomic E-state index is 12.2. The van der Waals surface area contributed by atoms with Gasteiger partial charge in [-0.2, -0.15) is 9.40 Å². The van der Waals surface area contributed by atoms with Gasteiger partial charge in [0.2, 0.25) is 0 Å². The van der Waals surface area contributed by atoms with Gasteiger partial charge < -0.3 is 9.84 Å². The Kier molecular flexibility index (Phi) is 4.62. The van der Waals surface area contributed by atoms with E-state index < -0.39 is 39.1 Å². The summed E-state index contributed by atoms with van der Waals surface area (Å²) in [4.78, 5) is 22.0. The van der Waals surface area contributed by atoms with Crippen molar-refractivity contribution in [3.05, 3.63) is 11.8 Å². The zero-order chi connectivity index (χ0) is 14.6. The number of sulfonamides is 1. The van der Waals surface area contributed by atoms with Crippen LogP contribution in [0, 0.1) is 0 Å². The number of esters is 1. The van der Waals surface area contributed by atoms with Crippen molar-refractivity contribution >= 4 is 22.0 Å². The molecule has 0 saturated carbocycles. The molecule has 0 atom stereocenters. The number of aromatic nitrogens is 2. The number of carbonyl (C=O) groups is 2. The summed E-state index contributed by atoms with van der Waals surface area (Å²) in [6.07, 6.45) is 0.890. The SMILES string of the molecule is CCN(CC(=O)OC)S(=O)(=O)c1[nH]ncc1C(=O)O. The molecule has 0 radical (unpaired) electrons. The molecule has 0 unspecified atom stereocenters. The smallest absolute Gasteiger partial charge is 0.340 e. The first kappa shape index (κ1) is 15.1. The van der Waals surface area contributed by atoms with Gasteiger partial charge in [0.25, 0.3) is 10.0 Å². The van der Waals surface area contributed by atoms with Crippen LogP contribution in [-0.2, 0) is 19.6 Å². The van der Waals surface area contributed by atoms with Crippen LogP contribution in [0.25, 0.3) is 0 Å². The van der Waals surface area contributed by atoms with Crippen LogP contribution in [0.3, 0.4) is 0 Å². The predicted octanol–water partition coefficient (Wildman–Crippen LogP) is -0.708. The highest BCUT2D eigenvalue weighted by atomic mass is 32.2. The van der Waals surface area contributed by atoms with Gasteiger partial charge in [-0.15, -0.1) is 0 Å². The summed E-state index contributed by atoms with van der Waals surface area (Å²) in [5.41, 5.74) is -0.483. The van der Waals surface area contributed by atoms with Crippen LogP contribution in [0.15, 0.2) is 11.2 Å². The number of rotatable bonds is 6. The molecule has 0 aliphatic carbocycles. The highest BCUT2D eigenvalue weighted by Gasteiger charge is 2.31. The van der Waals surface area contributed by atoms with Crippen molar-refractivity contribution in [1.29, 1.82) is 0 Å². The number of H-pyrrole nitrogens is 1. The lowest BCUT2D eigenvalue weighted by Crippen LogP contribution is -2.36. The van der Waals surface area contributed by atoms with Crippen LogP contribution in [0.4, 0.5) is 0 Å². The van der Waals surface area contributed by atoms with Gasteiger partial charge in [0.1, 0.15) is 12.1 Å². The first-order valence-corrected chi connectivity index (χ1v) is 6.62. The summed E-state index contributed by atoms with van der Waals surface area (Å²) in [6.45, 7) is 0.986. The lowest BCUT2D eigenvalue weighted by atomic mass is 10.4. The first-order chi connectivity index (χ1) is 8.84. The molecule has 106 valence electrons. The van der Waals surface area contributed by atoms with Gasteiger partial charge >= 0.3 is 11.9 Å². The third-order valence-electron chi connectivity index (χ3n) is 2.32. The standard InChI is InChI=1S/C9H13N3O6S/c1-3-12(5-7(13)18-2)19(16,17)8-6(9(14)15)4-10-11-8/h4H,3,5H2,1-2H3,(H,10,11)(H,14,15). The fourth-order valence-corrected chi connectivity index (χ4v) is 2.79. The van der Waals surface area contributed by atoms with E-state index >= 15 is 0 Å². The van der Waals surface area contributed by atoms with E-state index in [9.17, 15) is 18.0 Å². The van der Waals surface area contributed by atoms with Crippen LogP contribution < -0.4 is 0 Å². The summed E-state index contributed by atoms with van der Waals surface area (Å²) >= 11 is 0. The van der Waals surface area contributed by atoms with Crippen molar-refractivity contribution in [2.75, 3.05) is 20.2 Å². The maximum atomic E-state index is 12.2. The van der Waals surface area contributed by atoms with Crippen LogP contribution in [-0.4, -0.2) is 60.2 Å². The van der Waals surface area contributed by atoms with Gasteiger partial charge in [-0.3, -0.25) is 9.89 Å². The number of aromatic carboxylic acids is 1. The Morgan fingerprint density at radius 3 is 2.63 bits per heavy atom. The molecule has 1 heterocycles. The molecule has 10 heteroatoms. The summed E-state index contributed by atoms with van der Waals surface area (Å²) < 4.78 is 29.5. The molecule has 0 saturated heterocycles. The minimum atomic E-state index is -4.16. The zero-order valence-electron chi connectivity index (χ0n) is 10.3. The Bertz CT molecular complexity index is 579. The molecule has 0 aliphatic heterocycles. The molecule has 0 bridgehead atoms. The average Bonchev–Trinajstić information content (AvgIpc) is 2.85. The van der Waals surface area contributed by atoms with Gasteiger partial charge in [-0.25, -0.2) is 13.2 Å². The molecule has 1 rings (SSSR count). The first-order valence-electron chi connectivity index (χ1n) is 5.18. The molecular weight excluding hydrogens is 278 g/mol. The molecule has 2 N–H and O–H groups in total. The number of carbonyl (C=O) groups excluding carboxylic acids is 1. The van der Waals surface area contributed by atoms with E-state index in [1.807, 2.05) is 0 Å². The van der Waals surface area contributed by atoms with E-state index in [1.165, 1.54) is 6.92 Å². The average molecular weight is 291 g/mol. The van der Waals surface area contributed by atoms with E-state index in [0.29, 0.717) is 0 Å². The largest absolute Gasteiger partial charge is 0.478 e. The van der Waals surface area contributed by atoms with E-state index in [-0.39, 0.29) is 6.54 Å². The van der Waals surface area contributed by atoms with E-state index in [1.54, 1.807) is 0 Å². The normalized spacial score (nSPS) is 11.5.